The van der Waals surface area contributed by atoms with Crippen LogP contribution < -0.4 is 24.5 Å². The van der Waals surface area contributed by atoms with Crippen molar-refractivity contribution in [3.63, 3.8) is 0 Å². The lowest BCUT2D eigenvalue weighted by molar-refractivity contribution is 0.174. The number of nitrogens with zero attached hydrogens (tertiary/aromatic N) is 3. The summed E-state index contributed by atoms with van der Waals surface area (Å²) in [7, 11) is 1.58. The largest absolute Gasteiger partial charge is 0.493 e. The average molecular weight is 586 g/mol. The molecule has 4 aromatic carbocycles. The normalized spacial score (nSPS) is 12.3. The molecule has 9 nitrogen and oxygen atoms in total. The van der Waals surface area contributed by atoms with Crippen molar-refractivity contribution in [1.29, 1.82) is 0 Å². The summed E-state index contributed by atoms with van der Waals surface area (Å²) in [6.07, 6.45) is 3.91. The Labute approximate surface area is 252 Å². The first-order valence-electron chi connectivity index (χ1n) is 14.0. The van der Waals surface area contributed by atoms with Crippen molar-refractivity contribution < 1.29 is 23.4 Å². The zero-order valence-electron chi connectivity index (χ0n) is 23.9. The van der Waals surface area contributed by atoms with Gasteiger partial charge in [0.25, 0.3) is 5.56 Å². The molecule has 0 unspecified atom stereocenters. The number of aromatic nitrogens is 2. The first kappa shape index (κ1) is 27.0. The fraction of sp³-hybridized carbons (Fsp3) is 0.114. The summed E-state index contributed by atoms with van der Waals surface area (Å²) in [4.78, 5) is 18.5. The summed E-state index contributed by atoms with van der Waals surface area (Å²) in [6.45, 7) is 4.42. The molecule has 6 aromatic rings. The van der Waals surface area contributed by atoms with Crippen LogP contribution in [0.25, 0.3) is 33.5 Å². The Bertz CT molecular complexity index is 2090. The Morgan fingerprint density at radius 3 is 2.70 bits per heavy atom. The van der Waals surface area contributed by atoms with Gasteiger partial charge in [-0.1, -0.05) is 42.5 Å². The van der Waals surface area contributed by atoms with Crippen LogP contribution in [0.1, 0.15) is 16.7 Å². The molecule has 0 spiro atoms. The molecule has 218 valence electrons. The SMILES string of the molecule is C=CCc1cc(C=Nn2c(-c3cc4ccccc4o3)nc3ccccc3c2=O)cc(OC)c1OCc1ccc2c(c1)OCO2. The van der Waals surface area contributed by atoms with Crippen molar-refractivity contribution in [3.05, 3.63) is 125 Å². The number of fused-ring (bicyclic) bond motifs is 3. The molecule has 1 aliphatic heterocycles. The van der Waals surface area contributed by atoms with E-state index in [2.05, 4.69) is 11.7 Å². The summed E-state index contributed by atoms with van der Waals surface area (Å²) in [6, 6.07) is 26.1. The maximum absolute atomic E-state index is 13.7. The van der Waals surface area contributed by atoms with E-state index in [1.54, 1.807) is 37.6 Å². The minimum absolute atomic E-state index is 0.209. The molecule has 0 radical (unpaired) electrons. The minimum atomic E-state index is -0.315. The summed E-state index contributed by atoms with van der Waals surface area (Å²) < 4.78 is 30.2. The zero-order chi connectivity index (χ0) is 30.0. The lowest BCUT2D eigenvalue weighted by Crippen LogP contribution is -2.20. The molecule has 1 aliphatic rings. The van der Waals surface area contributed by atoms with Crippen LogP contribution in [0.3, 0.4) is 0 Å². The fourth-order valence-electron chi connectivity index (χ4n) is 5.17. The molecule has 3 heterocycles. The molecule has 44 heavy (non-hydrogen) atoms. The van der Waals surface area contributed by atoms with E-state index in [1.165, 1.54) is 4.68 Å². The summed E-state index contributed by atoms with van der Waals surface area (Å²) in [5, 5.41) is 5.96. The maximum Gasteiger partial charge on any atom is 0.282 e. The lowest BCUT2D eigenvalue weighted by Gasteiger charge is -2.16. The van der Waals surface area contributed by atoms with E-state index in [0.29, 0.717) is 69.7 Å². The van der Waals surface area contributed by atoms with Crippen molar-refractivity contribution in [2.45, 2.75) is 13.0 Å². The first-order chi connectivity index (χ1) is 21.6. The van der Waals surface area contributed by atoms with Crippen molar-refractivity contribution in [1.82, 2.24) is 9.66 Å². The van der Waals surface area contributed by atoms with Crippen LogP contribution in [0.5, 0.6) is 23.0 Å². The second-order valence-electron chi connectivity index (χ2n) is 10.1. The number of benzene rings is 4. The van der Waals surface area contributed by atoms with Crippen LogP contribution in [0.2, 0.25) is 0 Å². The average Bonchev–Trinajstić information content (AvgIpc) is 3.70. The Kier molecular flexibility index (Phi) is 7.03. The van der Waals surface area contributed by atoms with E-state index in [0.717, 1.165) is 16.5 Å². The van der Waals surface area contributed by atoms with Crippen molar-refractivity contribution >= 4 is 28.1 Å². The minimum Gasteiger partial charge on any atom is -0.493 e. The monoisotopic (exact) mass is 585 g/mol. The quantitative estimate of drug-likeness (QED) is 0.137. The lowest BCUT2D eigenvalue weighted by atomic mass is 10.1. The van der Waals surface area contributed by atoms with Crippen LogP contribution >= 0.6 is 0 Å². The molecule has 0 N–H and O–H groups in total. The Balaban J connectivity index is 1.27. The van der Waals surface area contributed by atoms with Gasteiger partial charge in [-0.3, -0.25) is 4.79 Å². The van der Waals surface area contributed by atoms with Gasteiger partial charge in [0.2, 0.25) is 12.6 Å². The molecule has 0 amide bonds. The van der Waals surface area contributed by atoms with Gasteiger partial charge in [-0.05, 0) is 66.1 Å². The van der Waals surface area contributed by atoms with Gasteiger partial charge >= 0.3 is 0 Å². The van der Waals surface area contributed by atoms with Gasteiger partial charge in [-0.25, -0.2) is 4.98 Å². The predicted octanol–water partition coefficient (Wildman–Crippen LogP) is 6.74. The van der Waals surface area contributed by atoms with Crippen LogP contribution in [0, 0.1) is 0 Å². The standard InChI is InChI=1S/C35H27N3O6/c1-3-8-25-15-23(17-31(40-2)33(25)41-20-22-13-14-29-30(16-22)43-21-42-29)19-36-38-34(32-18-24-9-4-7-12-28(24)44-32)37-27-11-6-5-10-26(27)35(38)39/h3-7,9-19H,1,8,20-21H2,2H3. The molecule has 2 aromatic heterocycles. The number of hydrogen-bond acceptors (Lipinski definition) is 8. The second-order valence-corrected chi connectivity index (χ2v) is 10.1. The maximum atomic E-state index is 13.7. The number of methoxy groups -OCH3 is 1. The van der Waals surface area contributed by atoms with E-state index in [9.17, 15) is 4.79 Å². The van der Waals surface area contributed by atoms with Gasteiger partial charge in [0.05, 0.1) is 24.2 Å². The topological polar surface area (TPSA) is 97.3 Å². The van der Waals surface area contributed by atoms with Crippen molar-refractivity contribution in [2.24, 2.45) is 5.10 Å². The van der Waals surface area contributed by atoms with Crippen molar-refractivity contribution in [2.75, 3.05) is 13.9 Å². The molecule has 0 fully saturated rings. The number of para-hydroxylation sites is 2. The molecule has 7 rings (SSSR count). The van der Waals surface area contributed by atoms with E-state index in [1.807, 2.05) is 66.7 Å². The Hall–Kier alpha value is -5.83. The molecule has 9 heteroatoms. The summed E-state index contributed by atoms with van der Waals surface area (Å²) in [5.41, 5.74) is 3.40. The second kappa shape index (κ2) is 11.4. The molecule has 0 saturated heterocycles. The van der Waals surface area contributed by atoms with Crippen LogP contribution in [0.15, 0.2) is 112 Å². The van der Waals surface area contributed by atoms with Crippen LogP contribution in [-0.2, 0) is 13.0 Å². The Morgan fingerprint density at radius 2 is 1.84 bits per heavy atom. The number of rotatable bonds is 9. The molecular weight excluding hydrogens is 558 g/mol. The van der Waals surface area contributed by atoms with E-state index >= 15 is 0 Å². The van der Waals surface area contributed by atoms with E-state index in [4.69, 9.17) is 28.3 Å². The Morgan fingerprint density at radius 1 is 1.00 bits per heavy atom. The number of ether oxygens (including phenoxy) is 4. The zero-order valence-corrected chi connectivity index (χ0v) is 23.9. The smallest absolute Gasteiger partial charge is 0.282 e. The van der Waals surface area contributed by atoms with Gasteiger partial charge < -0.3 is 23.4 Å². The van der Waals surface area contributed by atoms with Crippen molar-refractivity contribution in [3.8, 4) is 34.6 Å². The molecule has 0 aliphatic carbocycles. The van der Waals surface area contributed by atoms with E-state index < -0.39 is 0 Å². The molecule has 0 bridgehead atoms. The van der Waals surface area contributed by atoms with Gasteiger partial charge in [-0.15, -0.1) is 6.58 Å². The van der Waals surface area contributed by atoms with Crippen LogP contribution in [0.4, 0.5) is 0 Å². The summed E-state index contributed by atoms with van der Waals surface area (Å²) >= 11 is 0. The first-order valence-corrected chi connectivity index (χ1v) is 14.0. The summed E-state index contributed by atoms with van der Waals surface area (Å²) in [5.74, 6) is 3.25. The highest BCUT2D eigenvalue weighted by molar-refractivity contribution is 5.85. The molecular formula is C35H27N3O6. The van der Waals surface area contributed by atoms with Gasteiger partial charge in [0.15, 0.2) is 28.8 Å². The predicted molar refractivity (Wildman–Crippen MR) is 168 cm³/mol. The van der Waals surface area contributed by atoms with E-state index in [-0.39, 0.29) is 12.4 Å². The third-order valence-corrected chi connectivity index (χ3v) is 7.28. The highest BCUT2D eigenvalue weighted by Gasteiger charge is 2.18. The molecule has 0 saturated carbocycles. The van der Waals surface area contributed by atoms with Gasteiger partial charge in [0.1, 0.15) is 12.2 Å². The highest BCUT2D eigenvalue weighted by atomic mass is 16.7. The highest BCUT2D eigenvalue weighted by Crippen LogP contribution is 2.36. The van der Waals surface area contributed by atoms with Gasteiger partial charge in [0, 0.05) is 10.9 Å². The third-order valence-electron chi connectivity index (χ3n) is 7.28. The number of furan rings is 1. The fourth-order valence-corrected chi connectivity index (χ4v) is 5.17. The number of hydrogen-bond donors (Lipinski definition) is 0. The van der Waals surface area contributed by atoms with Gasteiger partial charge in [-0.2, -0.15) is 9.78 Å². The van der Waals surface area contributed by atoms with Crippen LogP contribution in [-0.4, -0.2) is 29.8 Å². The molecule has 0 atom stereocenters. The third kappa shape index (κ3) is 5.05. The number of allylic oxidation sites excluding steroid dienone is 1.